The lowest BCUT2D eigenvalue weighted by Gasteiger charge is -2.45. The number of hydrogen-bond donors (Lipinski definition) is 3. The number of ether oxygens (including phenoxy) is 2. The Labute approximate surface area is 208 Å². The van der Waals surface area contributed by atoms with Gasteiger partial charge in [0.15, 0.2) is 0 Å². The van der Waals surface area contributed by atoms with Gasteiger partial charge in [-0.25, -0.2) is 10.2 Å². The molecule has 36 heavy (non-hydrogen) atoms. The Hall–Kier alpha value is -3.31. The first kappa shape index (κ1) is 25.8. The van der Waals surface area contributed by atoms with Crippen molar-refractivity contribution in [1.82, 2.24) is 10.3 Å². The number of nitrogens with zero attached hydrogens (tertiary/aromatic N) is 2. The molecule has 2 saturated carbocycles. The van der Waals surface area contributed by atoms with Crippen LogP contribution in [0.15, 0.2) is 35.4 Å². The fourth-order valence-electron chi connectivity index (χ4n) is 5.59. The van der Waals surface area contributed by atoms with E-state index < -0.39 is 53.8 Å². The molecule has 6 atom stereocenters. The van der Waals surface area contributed by atoms with Gasteiger partial charge in [0.2, 0.25) is 11.8 Å². The van der Waals surface area contributed by atoms with Crippen LogP contribution in [-0.2, 0) is 30.5 Å². The van der Waals surface area contributed by atoms with Crippen LogP contribution in [0.5, 0.6) is 0 Å². The summed E-state index contributed by atoms with van der Waals surface area (Å²) in [6.07, 6.45) is -2.43. The van der Waals surface area contributed by atoms with Crippen molar-refractivity contribution in [2.24, 2.45) is 28.8 Å². The average Bonchev–Trinajstić information content (AvgIpc) is 3.12. The standard InChI is InChI=1S/C25H31N3O8/c1-2-35-19(30)10-11-28-23(32)16-9-8-15-17(12-18(29)22(31)20(15)21(16)24(28)33)26-27-25(34)36-13-14-6-4-3-5-7-14/h3-7,15-16,18,20-22,29,31H,2,8-13H2,1H3,(H,27,34)/t15-,16-,18-,20+,21+,22-/m1/s1. The second-order valence-electron chi connectivity index (χ2n) is 9.32. The number of likely N-dealkylation sites (tertiary alicyclic amines) is 1. The maximum Gasteiger partial charge on any atom is 0.428 e. The summed E-state index contributed by atoms with van der Waals surface area (Å²) in [6, 6.07) is 9.14. The number of nitrogens with one attached hydrogen (secondary N) is 1. The number of carbonyl (C=O) groups is 4. The molecule has 11 heteroatoms. The minimum absolute atomic E-state index is 0.0212. The minimum Gasteiger partial charge on any atom is -0.466 e. The number of imide groups is 1. The van der Waals surface area contributed by atoms with Crippen molar-refractivity contribution in [2.45, 2.75) is 51.4 Å². The number of esters is 1. The normalized spacial score (nSPS) is 30.5. The van der Waals surface area contributed by atoms with Gasteiger partial charge in [-0.05, 0) is 25.3 Å². The van der Waals surface area contributed by atoms with Crippen LogP contribution in [0.1, 0.15) is 38.2 Å². The van der Waals surface area contributed by atoms with Gasteiger partial charge in [0.05, 0.1) is 37.1 Å². The zero-order chi connectivity index (χ0) is 25.8. The number of benzene rings is 1. The number of rotatable bonds is 7. The molecule has 3 aliphatic rings. The zero-order valence-electron chi connectivity index (χ0n) is 20.0. The number of fused-ring (bicyclic) bond motifs is 3. The predicted molar refractivity (Wildman–Crippen MR) is 125 cm³/mol. The number of aliphatic hydroxyl groups is 2. The summed E-state index contributed by atoms with van der Waals surface area (Å²) in [5.41, 5.74) is 3.60. The maximum atomic E-state index is 13.3. The molecule has 0 bridgehead atoms. The maximum absolute atomic E-state index is 13.3. The van der Waals surface area contributed by atoms with Crippen molar-refractivity contribution in [3.63, 3.8) is 0 Å². The molecule has 0 radical (unpaired) electrons. The molecule has 1 aromatic carbocycles. The summed E-state index contributed by atoms with van der Waals surface area (Å²) in [5, 5.41) is 25.5. The summed E-state index contributed by atoms with van der Waals surface area (Å²) in [6.45, 7) is 1.85. The smallest absolute Gasteiger partial charge is 0.428 e. The third-order valence-electron chi connectivity index (χ3n) is 7.22. The summed E-state index contributed by atoms with van der Waals surface area (Å²) in [5.74, 6) is -3.95. The second-order valence-corrected chi connectivity index (χ2v) is 9.32. The van der Waals surface area contributed by atoms with Crippen LogP contribution >= 0.6 is 0 Å². The Kier molecular flexibility index (Phi) is 8.00. The molecule has 194 valence electrons. The first-order valence-corrected chi connectivity index (χ1v) is 12.2. The largest absolute Gasteiger partial charge is 0.466 e. The van der Waals surface area contributed by atoms with Crippen molar-refractivity contribution in [3.05, 3.63) is 35.9 Å². The van der Waals surface area contributed by atoms with Crippen LogP contribution in [0.3, 0.4) is 0 Å². The monoisotopic (exact) mass is 501 g/mol. The quantitative estimate of drug-likeness (QED) is 0.284. The molecular formula is C25H31N3O8. The second kappa shape index (κ2) is 11.2. The predicted octanol–water partition coefficient (Wildman–Crippen LogP) is 0.975. The topological polar surface area (TPSA) is 155 Å². The molecule has 1 heterocycles. The van der Waals surface area contributed by atoms with E-state index in [1.165, 1.54) is 0 Å². The molecule has 3 fully saturated rings. The Balaban J connectivity index is 1.45. The fraction of sp³-hybridized carbons (Fsp3) is 0.560. The van der Waals surface area contributed by atoms with E-state index in [2.05, 4.69) is 10.5 Å². The van der Waals surface area contributed by atoms with E-state index in [4.69, 9.17) is 9.47 Å². The van der Waals surface area contributed by atoms with Gasteiger partial charge in [-0.2, -0.15) is 5.10 Å². The van der Waals surface area contributed by atoms with Crippen LogP contribution in [0.25, 0.3) is 0 Å². The third-order valence-corrected chi connectivity index (χ3v) is 7.22. The molecule has 1 saturated heterocycles. The molecule has 0 aromatic heterocycles. The number of amides is 3. The van der Waals surface area contributed by atoms with Crippen molar-refractivity contribution in [3.8, 4) is 0 Å². The van der Waals surface area contributed by atoms with E-state index >= 15 is 0 Å². The molecule has 0 unspecified atom stereocenters. The van der Waals surface area contributed by atoms with Crippen molar-refractivity contribution >= 4 is 29.6 Å². The zero-order valence-corrected chi connectivity index (χ0v) is 20.0. The molecule has 4 rings (SSSR count). The molecule has 1 aromatic rings. The van der Waals surface area contributed by atoms with Crippen LogP contribution < -0.4 is 5.43 Å². The van der Waals surface area contributed by atoms with Crippen LogP contribution in [-0.4, -0.2) is 70.1 Å². The van der Waals surface area contributed by atoms with Gasteiger partial charge in [0, 0.05) is 30.5 Å². The van der Waals surface area contributed by atoms with Crippen molar-refractivity contribution in [2.75, 3.05) is 13.2 Å². The first-order valence-electron chi connectivity index (χ1n) is 12.2. The molecular weight excluding hydrogens is 470 g/mol. The minimum atomic E-state index is -1.23. The first-order chi connectivity index (χ1) is 17.3. The van der Waals surface area contributed by atoms with E-state index in [0.29, 0.717) is 18.6 Å². The molecule has 0 spiro atoms. The molecule has 3 amide bonds. The Morgan fingerprint density at radius 2 is 1.81 bits per heavy atom. The lowest BCUT2D eigenvalue weighted by molar-refractivity contribution is -0.145. The van der Waals surface area contributed by atoms with E-state index in [0.717, 1.165) is 10.5 Å². The van der Waals surface area contributed by atoms with Gasteiger partial charge in [-0.3, -0.25) is 19.3 Å². The summed E-state index contributed by atoms with van der Waals surface area (Å²) >= 11 is 0. The fourth-order valence-corrected chi connectivity index (χ4v) is 5.59. The Bertz CT molecular complexity index is 1030. The molecule has 11 nitrogen and oxygen atoms in total. The van der Waals surface area contributed by atoms with Gasteiger partial charge >= 0.3 is 12.1 Å². The van der Waals surface area contributed by atoms with Gasteiger partial charge in [-0.15, -0.1) is 0 Å². The SMILES string of the molecule is CCOC(=O)CCN1C(=O)[C@@H]2[C@H]3[C@H](O)[C@H](O)CC(=NNC(=O)OCc4ccccc4)[C@H]3CC[C@H]2C1=O. The van der Waals surface area contributed by atoms with Crippen LogP contribution in [0, 0.1) is 23.7 Å². The summed E-state index contributed by atoms with van der Waals surface area (Å²) in [7, 11) is 0. The van der Waals surface area contributed by atoms with E-state index in [-0.39, 0.29) is 38.5 Å². The Morgan fingerprint density at radius 3 is 2.53 bits per heavy atom. The average molecular weight is 502 g/mol. The summed E-state index contributed by atoms with van der Waals surface area (Å²) in [4.78, 5) is 51.2. The van der Waals surface area contributed by atoms with Crippen molar-refractivity contribution in [1.29, 1.82) is 0 Å². The lowest BCUT2D eigenvalue weighted by Crippen LogP contribution is -2.55. The van der Waals surface area contributed by atoms with Crippen LogP contribution in [0.2, 0.25) is 0 Å². The van der Waals surface area contributed by atoms with Crippen molar-refractivity contribution < 1.29 is 38.9 Å². The third kappa shape index (κ3) is 5.26. The van der Waals surface area contributed by atoms with Gasteiger partial charge in [-0.1, -0.05) is 30.3 Å². The van der Waals surface area contributed by atoms with Gasteiger partial charge in [0.25, 0.3) is 0 Å². The number of carbonyl (C=O) groups excluding carboxylic acids is 4. The molecule has 3 N–H and O–H groups in total. The highest BCUT2D eigenvalue weighted by molar-refractivity contribution is 6.06. The number of aliphatic hydroxyl groups excluding tert-OH is 2. The van der Waals surface area contributed by atoms with Crippen LogP contribution in [0.4, 0.5) is 4.79 Å². The highest BCUT2D eigenvalue weighted by Gasteiger charge is 2.59. The van der Waals surface area contributed by atoms with Gasteiger partial charge in [0.1, 0.15) is 6.61 Å². The van der Waals surface area contributed by atoms with E-state index in [1.807, 2.05) is 30.3 Å². The lowest BCUT2D eigenvalue weighted by atomic mass is 9.60. The Morgan fingerprint density at radius 1 is 1.08 bits per heavy atom. The van der Waals surface area contributed by atoms with Gasteiger partial charge < -0.3 is 19.7 Å². The number of hydrazone groups is 1. The molecule has 2 aliphatic carbocycles. The number of hydrogen-bond acceptors (Lipinski definition) is 9. The highest BCUT2D eigenvalue weighted by Crippen LogP contribution is 2.49. The molecule has 1 aliphatic heterocycles. The summed E-state index contributed by atoms with van der Waals surface area (Å²) < 4.78 is 10.1. The highest BCUT2D eigenvalue weighted by atomic mass is 16.6. The van der Waals surface area contributed by atoms with E-state index in [9.17, 15) is 29.4 Å². The van der Waals surface area contributed by atoms with E-state index in [1.54, 1.807) is 6.92 Å².